The van der Waals surface area contributed by atoms with Gasteiger partial charge in [0.15, 0.2) is 0 Å². The van der Waals surface area contributed by atoms with Crippen LogP contribution in [0.4, 0.5) is 5.69 Å². The zero-order valence-corrected chi connectivity index (χ0v) is 27.1. The molecular formula is C32H39Cl2N3O4S. The van der Waals surface area contributed by atoms with Crippen LogP contribution in [0.5, 0.6) is 0 Å². The van der Waals surface area contributed by atoms with Gasteiger partial charge in [-0.05, 0) is 74.6 Å². The first kappa shape index (κ1) is 33.4. The fourth-order valence-corrected chi connectivity index (χ4v) is 6.52. The second-order valence-electron chi connectivity index (χ2n) is 10.3. The summed E-state index contributed by atoms with van der Waals surface area (Å²) in [5, 5.41) is 3.76. The van der Waals surface area contributed by atoms with E-state index in [2.05, 4.69) is 5.32 Å². The SMILES string of the molecule is CCc1ccccc1N(CC(=O)N(Cc1ccc(Cl)cc1Cl)[C@@H](CC)C(=O)N[C@H](C)CC)S(=O)(=O)c1ccc(C)cc1. The Morgan fingerprint density at radius 1 is 0.905 bits per heavy atom. The molecule has 0 radical (unpaired) electrons. The van der Waals surface area contributed by atoms with E-state index in [1.54, 1.807) is 42.5 Å². The lowest BCUT2D eigenvalue weighted by Crippen LogP contribution is -2.53. The van der Waals surface area contributed by atoms with Crippen molar-refractivity contribution in [3.63, 3.8) is 0 Å². The molecule has 0 saturated carbocycles. The summed E-state index contributed by atoms with van der Waals surface area (Å²) in [7, 11) is -4.15. The van der Waals surface area contributed by atoms with Crippen molar-refractivity contribution in [2.75, 3.05) is 10.8 Å². The number of rotatable bonds is 13. The Morgan fingerprint density at radius 2 is 1.57 bits per heavy atom. The van der Waals surface area contributed by atoms with E-state index in [1.165, 1.54) is 17.0 Å². The fraction of sp³-hybridized carbons (Fsp3) is 0.375. The van der Waals surface area contributed by atoms with Gasteiger partial charge in [0, 0.05) is 22.6 Å². The van der Waals surface area contributed by atoms with Crippen LogP contribution in [0.3, 0.4) is 0 Å². The van der Waals surface area contributed by atoms with Crippen molar-refractivity contribution in [3.8, 4) is 0 Å². The molecule has 0 fully saturated rings. The fourth-order valence-electron chi connectivity index (χ4n) is 4.60. The van der Waals surface area contributed by atoms with E-state index in [9.17, 15) is 18.0 Å². The molecule has 42 heavy (non-hydrogen) atoms. The second kappa shape index (κ2) is 14.9. The highest BCUT2D eigenvalue weighted by Crippen LogP contribution is 2.29. The lowest BCUT2D eigenvalue weighted by molar-refractivity contribution is -0.140. The van der Waals surface area contributed by atoms with Crippen LogP contribution in [0.1, 0.15) is 57.2 Å². The van der Waals surface area contributed by atoms with Crippen LogP contribution >= 0.6 is 23.2 Å². The van der Waals surface area contributed by atoms with E-state index >= 15 is 0 Å². The summed E-state index contributed by atoms with van der Waals surface area (Å²) >= 11 is 12.6. The van der Waals surface area contributed by atoms with Gasteiger partial charge in [-0.1, -0.05) is 85.9 Å². The molecule has 0 aliphatic rings. The molecule has 0 saturated heterocycles. The first-order valence-electron chi connectivity index (χ1n) is 14.1. The molecule has 3 aromatic rings. The van der Waals surface area contributed by atoms with Crippen LogP contribution in [0.25, 0.3) is 0 Å². The van der Waals surface area contributed by atoms with Crippen LogP contribution < -0.4 is 9.62 Å². The molecule has 0 heterocycles. The zero-order chi connectivity index (χ0) is 31.0. The average molecular weight is 633 g/mol. The van der Waals surface area contributed by atoms with Gasteiger partial charge in [0.25, 0.3) is 10.0 Å². The average Bonchev–Trinajstić information content (AvgIpc) is 2.96. The monoisotopic (exact) mass is 631 g/mol. The Hall–Kier alpha value is -3.07. The van der Waals surface area contributed by atoms with Gasteiger partial charge < -0.3 is 10.2 Å². The van der Waals surface area contributed by atoms with Crippen molar-refractivity contribution < 1.29 is 18.0 Å². The molecule has 1 N–H and O–H groups in total. The molecule has 2 atom stereocenters. The van der Waals surface area contributed by atoms with Crippen molar-refractivity contribution in [1.82, 2.24) is 10.2 Å². The summed E-state index contributed by atoms with van der Waals surface area (Å²) in [5.41, 5.74) is 2.69. The summed E-state index contributed by atoms with van der Waals surface area (Å²) in [6.45, 7) is 8.96. The van der Waals surface area contributed by atoms with Crippen molar-refractivity contribution in [1.29, 1.82) is 0 Å². The number of nitrogens with one attached hydrogen (secondary N) is 1. The van der Waals surface area contributed by atoms with Gasteiger partial charge in [-0.25, -0.2) is 8.42 Å². The molecule has 0 aliphatic carbocycles. The predicted molar refractivity (Wildman–Crippen MR) is 171 cm³/mol. The highest BCUT2D eigenvalue weighted by Gasteiger charge is 2.34. The number of benzene rings is 3. The van der Waals surface area contributed by atoms with Gasteiger partial charge in [-0.2, -0.15) is 0 Å². The summed E-state index contributed by atoms with van der Waals surface area (Å²) < 4.78 is 29.4. The van der Waals surface area contributed by atoms with Gasteiger partial charge in [0.05, 0.1) is 10.6 Å². The maximum Gasteiger partial charge on any atom is 0.264 e. The highest BCUT2D eigenvalue weighted by atomic mass is 35.5. The number of halogens is 2. The van der Waals surface area contributed by atoms with E-state index in [4.69, 9.17) is 23.2 Å². The first-order valence-corrected chi connectivity index (χ1v) is 16.3. The number of hydrogen-bond acceptors (Lipinski definition) is 4. The molecular weight excluding hydrogens is 593 g/mol. The second-order valence-corrected chi connectivity index (χ2v) is 13.0. The summed E-state index contributed by atoms with van der Waals surface area (Å²) in [5.74, 6) is -0.846. The maximum atomic E-state index is 14.3. The third-order valence-corrected chi connectivity index (χ3v) is 9.63. The first-order chi connectivity index (χ1) is 19.9. The lowest BCUT2D eigenvalue weighted by atomic mass is 10.1. The van der Waals surface area contributed by atoms with Gasteiger partial charge in [-0.15, -0.1) is 0 Å². The topological polar surface area (TPSA) is 86.8 Å². The van der Waals surface area contributed by atoms with E-state index in [0.29, 0.717) is 34.1 Å². The molecule has 0 spiro atoms. The number of anilines is 1. The Balaban J connectivity index is 2.12. The number of nitrogens with zero attached hydrogens (tertiary/aromatic N) is 2. The van der Waals surface area contributed by atoms with Gasteiger partial charge in [0.1, 0.15) is 12.6 Å². The standard InChI is InChI=1S/C32H39Cl2N3O4S/c1-6-23(5)35-32(39)29(8-3)36(20-25-15-16-26(33)19-28(25)34)31(38)21-37(30-12-10-9-11-24(30)7-2)42(40,41)27-17-13-22(4)14-18-27/h9-19,23,29H,6-8,20-21H2,1-5H3,(H,35,39)/t23-,29+/m1/s1. The normalized spacial score (nSPS) is 12.8. The van der Waals surface area contributed by atoms with E-state index < -0.39 is 28.5 Å². The number of carbonyl (C=O) groups is 2. The molecule has 10 heteroatoms. The van der Waals surface area contributed by atoms with Crippen LogP contribution in [-0.2, 0) is 32.6 Å². The highest BCUT2D eigenvalue weighted by molar-refractivity contribution is 7.92. The van der Waals surface area contributed by atoms with E-state index in [1.807, 2.05) is 46.8 Å². The predicted octanol–water partition coefficient (Wildman–Crippen LogP) is 6.78. The molecule has 0 bridgehead atoms. The minimum absolute atomic E-state index is 0.00485. The maximum absolute atomic E-state index is 14.3. The third-order valence-electron chi connectivity index (χ3n) is 7.27. The molecule has 7 nitrogen and oxygen atoms in total. The van der Waals surface area contributed by atoms with Crippen molar-refractivity contribution in [2.45, 2.75) is 77.4 Å². The number of carbonyl (C=O) groups excluding carboxylic acids is 2. The Labute approximate surface area is 259 Å². The number of aryl methyl sites for hydroxylation is 2. The molecule has 3 aromatic carbocycles. The Kier molecular flexibility index (Phi) is 11.9. The third kappa shape index (κ3) is 8.06. The molecule has 0 unspecified atom stereocenters. The molecule has 0 aliphatic heterocycles. The van der Waals surface area contributed by atoms with Crippen LogP contribution in [-0.4, -0.2) is 43.8 Å². The van der Waals surface area contributed by atoms with Crippen LogP contribution in [0.2, 0.25) is 10.0 Å². The number of hydrogen-bond donors (Lipinski definition) is 1. The van der Waals surface area contributed by atoms with Gasteiger partial charge in [-0.3, -0.25) is 13.9 Å². The van der Waals surface area contributed by atoms with Crippen LogP contribution in [0, 0.1) is 6.92 Å². The number of para-hydroxylation sites is 1. The van der Waals surface area contributed by atoms with E-state index in [0.717, 1.165) is 21.9 Å². The van der Waals surface area contributed by atoms with Crippen LogP contribution in [0.15, 0.2) is 71.6 Å². The Bertz CT molecular complexity index is 1500. The van der Waals surface area contributed by atoms with Gasteiger partial charge >= 0.3 is 0 Å². The molecule has 2 amide bonds. The quantitative estimate of drug-likeness (QED) is 0.225. The Morgan fingerprint density at radius 3 is 2.17 bits per heavy atom. The zero-order valence-electron chi connectivity index (χ0n) is 24.7. The number of sulfonamides is 1. The van der Waals surface area contributed by atoms with E-state index in [-0.39, 0.29) is 23.4 Å². The largest absolute Gasteiger partial charge is 0.352 e. The van der Waals surface area contributed by atoms with Gasteiger partial charge in [0.2, 0.25) is 11.8 Å². The summed E-state index contributed by atoms with van der Waals surface area (Å²) in [6.07, 6.45) is 1.59. The van der Waals surface area contributed by atoms with Crippen molar-refractivity contribution in [2.24, 2.45) is 0 Å². The minimum atomic E-state index is -4.15. The molecule has 0 aromatic heterocycles. The van der Waals surface area contributed by atoms with Crippen molar-refractivity contribution in [3.05, 3.63) is 93.5 Å². The smallest absolute Gasteiger partial charge is 0.264 e. The number of amides is 2. The minimum Gasteiger partial charge on any atom is -0.352 e. The molecule has 3 rings (SSSR count). The molecule has 226 valence electrons. The van der Waals surface area contributed by atoms with Crippen molar-refractivity contribution >= 4 is 50.7 Å². The summed E-state index contributed by atoms with van der Waals surface area (Å²) in [4.78, 5) is 29.2. The summed E-state index contributed by atoms with van der Waals surface area (Å²) in [6, 6.07) is 17.6. The lowest BCUT2D eigenvalue weighted by Gasteiger charge is -2.34.